The van der Waals surface area contributed by atoms with Gasteiger partial charge in [0.1, 0.15) is 5.75 Å². The topological polar surface area (TPSA) is 84.9 Å². The number of carbonyl (C=O) groups excluding carboxylic acids is 3. The van der Waals surface area contributed by atoms with Crippen molar-refractivity contribution in [2.75, 3.05) is 18.1 Å². The molecule has 2 aromatic carbocycles. The third-order valence-corrected chi connectivity index (χ3v) is 6.75. The van der Waals surface area contributed by atoms with Gasteiger partial charge in [-0.2, -0.15) is 0 Å². The Bertz CT molecular complexity index is 1210. The predicted octanol–water partition coefficient (Wildman–Crippen LogP) is 5.44. The minimum atomic E-state index is -0.556. The molecule has 0 spiro atoms. The maximum absolute atomic E-state index is 13.4. The molecular weight excluding hydrogens is 492 g/mol. The monoisotopic (exact) mass is 522 g/mol. The van der Waals surface area contributed by atoms with Crippen LogP contribution in [0.3, 0.4) is 0 Å². The maximum Gasteiger partial charge on any atom is 0.340 e. The molecule has 7 nitrogen and oxygen atoms in total. The van der Waals surface area contributed by atoms with Gasteiger partial charge in [-0.3, -0.25) is 14.5 Å². The van der Waals surface area contributed by atoms with Gasteiger partial charge in [0, 0.05) is 22.4 Å². The number of carbonyl (C=O) groups is 3. The molecule has 1 fully saturated rings. The highest BCUT2D eigenvalue weighted by Crippen LogP contribution is 2.36. The van der Waals surface area contributed by atoms with Gasteiger partial charge in [-0.1, -0.05) is 43.0 Å². The van der Waals surface area contributed by atoms with E-state index in [-0.39, 0.29) is 42.2 Å². The van der Waals surface area contributed by atoms with E-state index in [1.807, 2.05) is 0 Å². The lowest BCUT2D eigenvalue weighted by Crippen LogP contribution is -2.38. The largest absolute Gasteiger partial charge is 0.484 e. The van der Waals surface area contributed by atoms with Crippen molar-refractivity contribution in [3.05, 3.63) is 76.0 Å². The number of benzene rings is 2. The predicted molar refractivity (Wildman–Crippen MR) is 143 cm³/mol. The van der Waals surface area contributed by atoms with E-state index in [1.165, 1.54) is 11.3 Å². The number of hydrogen-bond donors (Lipinski definition) is 1. The fourth-order valence-electron chi connectivity index (χ4n) is 4.67. The van der Waals surface area contributed by atoms with Gasteiger partial charge in [0.05, 0.1) is 17.8 Å². The molecular formula is C29H31ClN2O5. The fraction of sp³-hybridized carbons (Fsp3) is 0.345. The average Bonchev–Trinajstić information content (AvgIpc) is 3.14. The van der Waals surface area contributed by atoms with Gasteiger partial charge in [0.25, 0.3) is 11.8 Å². The van der Waals surface area contributed by atoms with E-state index in [9.17, 15) is 14.4 Å². The molecule has 1 saturated carbocycles. The number of nitrogens with one attached hydrogen (secondary N) is 1. The van der Waals surface area contributed by atoms with E-state index in [1.54, 1.807) is 68.5 Å². The van der Waals surface area contributed by atoms with Crippen molar-refractivity contribution >= 4 is 41.1 Å². The van der Waals surface area contributed by atoms with Gasteiger partial charge in [-0.05, 0) is 74.7 Å². The van der Waals surface area contributed by atoms with Crippen LogP contribution in [0.5, 0.6) is 5.75 Å². The summed E-state index contributed by atoms with van der Waals surface area (Å²) in [7, 11) is 0. The molecule has 4 rings (SSSR count). The van der Waals surface area contributed by atoms with Gasteiger partial charge < -0.3 is 14.8 Å². The summed E-state index contributed by atoms with van der Waals surface area (Å²) in [5.41, 5.74) is 2.26. The molecule has 0 atom stereocenters. The number of amides is 2. The smallest absolute Gasteiger partial charge is 0.340 e. The summed E-state index contributed by atoms with van der Waals surface area (Å²) in [5, 5.41) is 3.58. The Morgan fingerprint density at radius 1 is 1.05 bits per heavy atom. The molecule has 0 radical (unpaired) electrons. The van der Waals surface area contributed by atoms with E-state index >= 15 is 0 Å². The zero-order valence-corrected chi connectivity index (χ0v) is 21.8. The van der Waals surface area contributed by atoms with Crippen molar-refractivity contribution in [3.63, 3.8) is 0 Å². The third kappa shape index (κ3) is 6.41. The molecule has 37 heavy (non-hydrogen) atoms. The summed E-state index contributed by atoms with van der Waals surface area (Å²) in [5.74, 6) is -0.474. The molecule has 0 aromatic heterocycles. The number of rotatable bonds is 8. The summed E-state index contributed by atoms with van der Waals surface area (Å²) in [6, 6.07) is 14.1. The van der Waals surface area contributed by atoms with Crippen LogP contribution in [0.1, 0.15) is 51.5 Å². The van der Waals surface area contributed by atoms with Crippen LogP contribution in [0.2, 0.25) is 5.02 Å². The zero-order chi connectivity index (χ0) is 26.4. The minimum absolute atomic E-state index is 0.0551. The Morgan fingerprint density at radius 3 is 2.38 bits per heavy atom. The molecule has 1 N–H and O–H groups in total. The average molecular weight is 523 g/mol. The number of halogens is 1. The lowest BCUT2D eigenvalue weighted by atomic mass is 9.95. The number of esters is 1. The fourth-order valence-corrected chi connectivity index (χ4v) is 4.80. The molecule has 1 aliphatic carbocycles. The number of ether oxygens (including phenoxy) is 2. The van der Waals surface area contributed by atoms with Gasteiger partial charge in [-0.25, -0.2) is 4.79 Å². The molecule has 2 aromatic rings. The number of allylic oxidation sites excluding steroid dienone is 1. The molecule has 1 aliphatic heterocycles. The molecule has 8 heteroatoms. The number of hydrogen-bond acceptors (Lipinski definition) is 5. The second-order valence-corrected chi connectivity index (χ2v) is 9.55. The van der Waals surface area contributed by atoms with Crippen LogP contribution in [0.15, 0.2) is 65.4 Å². The van der Waals surface area contributed by atoms with Crippen LogP contribution in [-0.2, 0) is 19.1 Å². The van der Waals surface area contributed by atoms with Crippen LogP contribution in [0.4, 0.5) is 5.69 Å². The molecule has 2 amide bonds. The van der Waals surface area contributed by atoms with E-state index in [4.69, 9.17) is 21.1 Å². The van der Waals surface area contributed by atoms with Crippen molar-refractivity contribution in [2.45, 2.75) is 52.0 Å². The minimum Gasteiger partial charge on any atom is -0.484 e. The summed E-state index contributed by atoms with van der Waals surface area (Å²) < 4.78 is 10.9. The lowest BCUT2D eigenvalue weighted by molar-refractivity contribution is -0.138. The van der Waals surface area contributed by atoms with Crippen molar-refractivity contribution in [1.82, 2.24) is 5.32 Å². The van der Waals surface area contributed by atoms with E-state index in [0.717, 1.165) is 25.7 Å². The van der Waals surface area contributed by atoms with Crippen molar-refractivity contribution < 1.29 is 23.9 Å². The van der Waals surface area contributed by atoms with Gasteiger partial charge in [0.2, 0.25) is 0 Å². The van der Waals surface area contributed by atoms with Crippen molar-refractivity contribution in [3.8, 4) is 5.75 Å². The van der Waals surface area contributed by atoms with Crippen LogP contribution in [0.25, 0.3) is 6.08 Å². The first-order chi connectivity index (χ1) is 17.9. The first-order valence-corrected chi connectivity index (χ1v) is 13.0. The van der Waals surface area contributed by atoms with Gasteiger partial charge >= 0.3 is 5.97 Å². The molecule has 2 aliphatic rings. The normalized spacial score (nSPS) is 17.3. The van der Waals surface area contributed by atoms with E-state index in [2.05, 4.69) is 5.32 Å². The Hall–Kier alpha value is -3.58. The standard InChI is InChI=1S/C29H31ClN2O5/c1-3-36-29(35)27-19(2)32(23-13-11-21(30)12-14-23)28(34)25(27)17-20-9-15-24(16-10-20)37-18-26(33)31-22-7-5-4-6-8-22/h9-17,22H,3-8,18H2,1-2H3,(H,31,33)/b25-17-. The van der Waals surface area contributed by atoms with Gasteiger partial charge in [0.15, 0.2) is 6.61 Å². The quantitative estimate of drug-likeness (QED) is 0.369. The zero-order valence-electron chi connectivity index (χ0n) is 21.1. The molecule has 0 bridgehead atoms. The Balaban J connectivity index is 1.49. The Labute approximate surface area is 222 Å². The molecule has 1 heterocycles. The third-order valence-electron chi connectivity index (χ3n) is 6.50. The van der Waals surface area contributed by atoms with Crippen molar-refractivity contribution in [1.29, 1.82) is 0 Å². The van der Waals surface area contributed by atoms with Crippen LogP contribution in [-0.4, -0.2) is 37.0 Å². The van der Waals surface area contributed by atoms with Crippen molar-refractivity contribution in [2.24, 2.45) is 0 Å². The lowest BCUT2D eigenvalue weighted by Gasteiger charge is -2.22. The summed E-state index contributed by atoms with van der Waals surface area (Å²) in [4.78, 5) is 39.9. The molecule has 194 valence electrons. The van der Waals surface area contributed by atoms with E-state index < -0.39 is 5.97 Å². The van der Waals surface area contributed by atoms with Crippen LogP contribution >= 0.6 is 11.6 Å². The Morgan fingerprint density at radius 2 is 1.73 bits per heavy atom. The Kier molecular flexibility index (Phi) is 8.66. The number of nitrogens with zero attached hydrogens (tertiary/aromatic N) is 1. The highest BCUT2D eigenvalue weighted by Gasteiger charge is 2.38. The highest BCUT2D eigenvalue weighted by molar-refractivity contribution is 6.30. The highest BCUT2D eigenvalue weighted by atomic mass is 35.5. The first-order valence-electron chi connectivity index (χ1n) is 12.6. The maximum atomic E-state index is 13.4. The summed E-state index contributed by atoms with van der Waals surface area (Å²) >= 11 is 6.01. The van der Waals surface area contributed by atoms with Crippen LogP contribution in [0, 0.1) is 0 Å². The summed E-state index contributed by atoms with van der Waals surface area (Å²) in [6.07, 6.45) is 7.22. The second kappa shape index (κ2) is 12.1. The first kappa shape index (κ1) is 26.5. The second-order valence-electron chi connectivity index (χ2n) is 9.12. The van der Waals surface area contributed by atoms with Crippen LogP contribution < -0.4 is 15.0 Å². The number of anilines is 1. The summed E-state index contributed by atoms with van der Waals surface area (Å²) in [6.45, 7) is 3.58. The van der Waals surface area contributed by atoms with Gasteiger partial charge in [-0.15, -0.1) is 0 Å². The molecule has 0 saturated heterocycles. The van der Waals surface area contributed by atoms with E-state index in [0.29, 0.717) is 27.7 Å². The SMILES string of the molecule is CCOC(=O)C1=C(C)N(c2ccc(Cl)cc2)C(=O)/C1=C\c1ccc(OCC(=O)NC2CCCCC2)cc1. The molecule has 0 unspecified atom stereocenters.